The summed E-state index contributed by atoms with van der Waals surface area (Å²) in [6.07, 6.45) is 13.4. The third-order valence-corrected chi connectivity index (χ3v) is 7.42. The van der Waals surface area contributed by atoms with E-state index in [-0.39, 0.29) is 30.7 Å². The molecule has 0 spiro atoms. The molecule has 1 heterocycles. The van der Waals surface area contributed by atoms with E-state index in [1.165, 1.54) is 51.4 Å². The summed E-state index contributed by atoms with van der Waals surface area (Å²) in [5.74, 6) is -6.51. The maximum Gasteiger partial charge on any atom is 0.377 e. The van der Waals surface area contributed by atoms with Gasteiger partial charge in [-0.3, -0.25) is 19.2 Å². The third-order valence-electron chi connectivity index (χ3n) is 7.42. The Balaban J connectivity index is 2.67. The number of aliphatic carboxylic acids is 1. The van der Waals surface area contributed by atoms with E-state index in [1.54, 1.807) is 0 Å². The van der Waals surface area contributed by atoms with Crippen molar-refractivity contribution in [2.45, 2.75) is 167 Å². The number of esters is 2. The number of carbonyl (C=O) groups excluding carboxylic acids is 5. The lowest BCUT2D eigenvalue weighted by Crippen LogP contribution is -2.48. The van der Waals surface area contributed by atoms with E-state index in [2.05, 4.69) is 13.8 Å². The first kappa shape index (κ1) is 38.0. The van der Waals surface area contributed by atoms with E-state index in [9.17, 15) is 33.9 Å². The predicted molar refractivity (Wildman–Crippen MR) is 158 cm³/mol. The summed E-state index contributed by atoms with van der Waals surface area (Å²) in [5, 5.41) is 10.0. The highest BCUT2D eigenvalue weighted by Crippen LogP contribution is 2.18. The van der Waals surface area contributed by atoms with Crippen molar-refractivity contribution >= 4 is 35.7 Å². The summed E-state index contributed by atoms with van der Waals surface area (Å²) in [5.41, 5.74) is 0. The summed E-state index contributed by atoms with van der Waals surface area (Å²) in [6.45, 7) is 4.33. The number of nitrogens with zero attached hydrogens (tertiary/aromatic N) is 1. The van der Waals surface area contributed by atoms with Crippen LogP contribution in [-0.2, 0) is 43.1 Å². The molecule has 1 aliphatic heterocycles. The van der Waals surface area contributed by atoms with Crippen LogP contribution in [0.4, 0.5) is 0 Å². The van der Waals surface area contributed by atoms with Crippen LogP contribution in [0.15, 0.2) is 0 Å². The van der Waals surface area contributed by atoms with Gasteiger partial charge in [-0.15, -0.1) is 5.06 Å². The Hall–Kier alpha value is -2.98. The fourth-order valence-corrected chi connectivity index (χ4v) is 4.84. The predicted octanol–water partition coefficient (Wildman–Crippen LogP) is 6.34. The van der Waals surface area contributed by atoms with Gasteiger partial charge in [0.05, 0.1) is 0 Å². The van der Waals surface area contributed by atoms with Crippen molar-refractivity contribution in [1.82, 2.24) is 5.06 Å². The van der Waals surface area contributed by atoms with Crippen molar-refractivity contribution < 1.29 is 48.2 Å². The lowest BCUT2D eigenvalue weighted by atomic mass is 10.1. The van der Waals surface area contributed by atoms with Gasteiger partial charge in [-0.25, -0.2) is 9.59 Å². The Morgan fingerprint density at radius 1 is 0.605 bits per heavy atom. The van der Waals surface area contributed by atoms with Gasteiger partial charge in [0.1, 0.15) is 0 Å². The number of rotatable bonds is 26. The van der Waals surface area contributed by atoms with Crippen molar-refractivity contribution in [2.24, 2.45) is 0 Å². The molecule has 1 saturated heterocycles. The van der Waals surface area contributed by atoms with Gasteiger partial charge < -0.3 is 19.4 Å². The standard InChI is InChI=1S/C32H53NO10/c1-3-5-7-9-11-13-15-17-19-21-27(36)41-29(31(38)39)30(32(40)43-33-25(34)23-24-26(33)35)42-28(37)22-20-18-16-14-12-10-8-6-4-2/h29-30H,3-24H2,1-2H3,(H,38,39)/t29-,30-/m1/s1. The number of amides is 2. The summed E-state index contributed by atoms with van der Waals surface area (Å²) in [4.78, 5) is 78.7. The number of unbranched alkanes of at least 4 members (excludes halogenated alkanes) is 16. The zero-order valence-corrected chi connectivity index (χ0v) is 26.3. The third kappa shape index (κ3) is 17.0. The average Bonchev–Trinajstić information content (AvgIpc) is 3.29. The Kier molecular flexibility index (Phi) is 20.8. The monoisotopic (exact) mass is 611 g/mol. The Morgan fingerprint density at radius 3 is 1.33 bits per heavy atom. The minimum atomic E-state index is -2.20. The first-order chi connectivity index (χ1) is 20.7. The van der Waals surface area contributed by atoms with Crippen molar-refractivity contribution in [3.63, 3.8) is 0 Å². The molecule has 1 aliphatic rings. The number of imide groups is 1. The minimum Gasteiger partial charge on any atom is -0.478 e. The first-order valence-corrected chi connectivity index (χ1v) is 16.4. The molecule has 0 aromatic heterocycles. The van der Waals surface area contributed by atoms with Gasteiger partial charge in [0, 0.05) is 25.7 Å². The van der Waals surface area contributed by atoms with Gasteiger partial charge in [0.2, 0.25) is 12.2 Å². The molecule has 0 aliphatic carbocycles. The maximum atomic E-state index is 12.9. The lowest BCUT2D eigenvalue weighted by molar-refractivity contribution is -0.213. The molecule has 0 aromatic carbocycles. The quantitative estimate of drug-likeness (QED) is 0.0665. The highest BCUT2D eigenvalue weighted by Gasteiger charge is 2.44. The molecule has 1 N–H and O–H groups in total. The summed E-state index contributed by atoms with van der Waals surface area (Å²) >= 11 is 0. The number of ether oxygens (including phenoxy) is 2. The summed E-state index contributed by atoms with van der Waals surface area (Å²) in [7, 11) is 0. The zero-order valence-electron chi connectivity index (χ0n) is 26.3. The molecule has 0 aromatic rings. The van der Waals surface area contributed by atoms with Crippen LogP contribution in [0.25, 0.3) is 0 Å². The van der Waals surface area contributed by atoms with Crippen LogP contribution < -0.4 is 0 Å². The molecule has 246 valence electrons. The second-order valence-corrected chi connectivity index (χ2v) is 11.3. The molecule has 1 fully saturated rings. The van der Waals surface area contributed by atoms with E-state index < -0.39 is 47.9 Å². The van der Waals surface area contributed by atoms with Crippen LogP contribution >= 0.6 is 0 Å². The molecule has 0 saturated carbocycles. The fraction of sp³-hybridized carbons (Fsp3) is 0.812. The maximum absolute atomic E-state index is 12.9. The van der Waals surface area contributed by atoms with Gasteiger partial charge in [-0.05, 0) is 12.8 Å². The van der Waals surface area contributed by atoms with Crippen LogP contribution in [0.5, 0.6) is 0 Å². The number of carboxylic acids is 1. The van der Waals surface area contributed by atoms with Gasteiger partial charge in [0.15, 0.2) is 0 Å². The largest absolute Gasteiger partial charge is 0.478 e. The van der Waals surface area contributed by atoms with Gasteiger partial charge in [0.25, 0.3) is 11.8 Å². The molecular weight excluding hydrogens is 558 g/mol. The van der Waals surface area contributed by atoms with E-state index in [0.717, 1.165) is 51.4 Å². The second kappa shape index (κ2) is 23.5. The Bertz CT molecular complexity index is 858. The van der Waals surface area contributed by atoms with Crippen molar-refractivity contribution in [2.75, 3.05) is 0 Å². The van der Waals surface area contributed by atoms with Gasteiger partial charge in [-0.1, -0.05) is 117 Å². The highest BCUT2D eigenvalue weighted by molar-refractivity contribution is 6.02. The normalized spacial score (nSPS) is 14.4. The molecule has 0 bridgehead atoms. The summed E-state index contributed by atoms with van der Waals surface area (Å²) in [6, 6.07) is 0. The number of hydrogen-bond donors (Lipinski definition) is 1. The average molecular weight is 612 g/mol. The molecule has 2 amide bonds. The van der Waals surface area contributed by atoms with E-state index in [4.69, 9.17) is 14.3 Å². The van der Waals surface area contributed by atoms with E-state index in [1.807, 2.05) is 0 Å². The number of carbonyl (C=O) groups is 6. The van der Waals surface area contributed by atoms with Gasteiger partial charge >= 0.3 is 23.9 Å². The van der Waals surface area contributed by atoms with Crippen LogP contribution in [0, 0.1) is 0 Å². The number of hydrogen-bond acceptors (Lipinski definition) is 9. The van der Waals surface area contributed by atoms with Crippen molar-refractivity contribution in [1.29, 1.82) is 0 Å². The second-order valence-electron chi connectivity index (χ2n) is 11.3. The number of hydroxylamine groups is 2. The van der Waals surface area contributed by atoms with E-state index >= 15 is 0 Å². The Morgan fingerprint density at radius 2 is 0.953 bits per heavy atom. The zero-order chi connectivity index (χ0) is 31.9. The van der Waals surface area contributed by atoms with Crippen LogP contribution in [-0.4, -0.2) is 58.1 Å². The molecule has 0 radical (unpaired) electrons. The molecule has 11 heteroatoms. The first-order valence-electron chi connectivity index (χ1n) is 16.4. The minimum absolute atomic E-state index is 0.0725. The number of carboxylic acid groups (broad SMARTS) is 1. The van der Waals surface area contributed by atoms with Crippen LogP contribution in [0.1, 0.15) is 155 Å². The fourth-order valence-electron chi connectivity index (χ4n) is 4.84. The highest BCUT2D eigenvalue weighted by atomic mass is 16.7. The molecule has 0 unspecified atom stereocenters. The van der Waals surface area contributed by atoms with Crippen molar-refractivity contribution in [3.05, 3.63) is 0 Å². The molecule has 43 heavy (non-hydrogen) atoms. The molecule has 2 atom stereocenters. The topological polar surface area (TPSA) is 154 Å². The van der Waals surface area contributed by atoms with E-state index in [0.29, 0.717) is 12.8 Å². The smallest absolute Gasteiger partial charge is 0.377 e. The molecule has 1 rings (SSSR count). The lowest BCUT2D eigenvalue weighted by Gasteiger charge is -2.24. The Labute approximate surface area is 256 Å². The van der Waals surface area contributed by atoms with Gasteiger partial charge in [-0.2, -0.15) is 0 Å². The molecule has 11 nitrogen and oxygen atoms in total. The van der Waals surface area contributed by atoms with Crippen molar-refractivity contribution in [3.8, 4) is 0 Å². The van der Waals surface area contributed by atoms with Crippen LogP contribution in [0.3, 0.4) is 0 Å². The SMILES string of the molecule is CCCCCCCCCCCC(=O)O[C@@H](C(=O)O)[C@@H](OC(=O)CCCCCCCCCCC)C(=O)ON1C(=O)CCC1=O. The summed E-state index contributed by atoms with van der Waals surface area (Å²) < 4.78 is 10.2. The van der Waals surface area contributed by atoms with Crippen LogP contribution in [0.2, 0.25) is 0 Å². The molecular formula is C32H53NO10.